The van der Waals surface area contributed by atoms with Gasteiger partial charge in [0.15, 0.2) is 0 Å². The molecule has 0 saturated carbocycles. The van der Waals surface area contributed by atoms with Crippen LogP contribution in [0.5, 0.6) is 5.75 Å². The number of ether oxygens (including phenoxy) is 1. The average Bonchev–Trinajstić information content (AvgIpc) is 2.36. The first kappa shape index (κ1) is 13.8. The minimum atomic E-state index is -0.871. The van der Waals surface area contributed by atoms with Gasteiger partial charge in [0.05, 0.1) is 19.1 Å². The van der Waals surface area contributed by atoms with Gasteiger partial charge < -0.3 is 14.7 Å². The Hall–Kier alpha value is -2.22. The lowest BCUT2D eigenvalue weighted by Gasteiger charge is -2.21. The zero-order valence-electron chi connectivity index (χ0n) is 10.3. The molecular formula is C13H16N2O3. The van der Waals surface area contributed by atoms with E-state index in [4.69, 9.17) is 15.1 Å². The molecule has 18 heavy (non-hydrogen) atoms. The number of rotatable bonds is 7. The lowest BCUT2D eigenvalue weighted by Crippen LogP contribution is -2.26. The fourth-order valence-corrected chi connectivity index (χ4v) is 1.54. The van der Waals surface area contributed by atoms with Gasteiger partial charge >= 0.3 is 5.97 Å². The second-order valence-electron chi connectivity index (χ2n) is 3.65. The highest BCUT2D eigenvalue weighted by atomic mass is 16.5. The van der Waals surface area contributed by atoms with Crippen LogP contribution in [0, 0.1) is 11.3 Å². The number of nitrogens with zero attached hydrogens (tertiary/aromatic N) is 2. The van der Waals surface area contributed by atoms with Crippen molar-refractivity contribution in [3.8, 4) is 11.8 Å². The van der Waals surface area contributed by atoms with Crippen molar-refractivity contribution in [2.24, 2.45) is 0 Å². The summed E-state index contributed by atoms with van der Waals surface area (Å²) in [5, 5.41) is 17.4. The molecule has 0 spiro atoms. The molecule has 0 unspecified atom stereocenters. The summed E-state index contributed by atoms with van der Waals surface area (Å²) >= 11 is 0. The molecule has 96 valence electrons. The summed E-state index contributed by atoms with van der Waals surface area (Å²) in [6, 6.07) is 9.30. The number of hydrogen-bond acceptors (Lipinski definition) is 4. The van der Waals surface area contributed by atoms with Gasteiger partial charge in [0.25, 0.3) is 0 Å². The number of anilines is 1. The first-order valence-corrected chi connectivity index (χ1v) is 5.74. The van der Waals surface area contributed by atoms with Crippen molar-refractivity contribution < 1.29 is 14.6 Å². The number of nitriles is 1. The zero-order valence-corrected chi connectivity index (χ0v) is 10.3. The minimum Gasteiger partial charge on any atom is -0.494 e. The van der Waals surface area contributed by atoms with Crippen molar-refractivity contribution in [3.63, 3.8) is 0 Å². The molecular weight excluding hydrogens is 232 g/mol. The van der Waals surface area contributed by atoms with Gasteiger partial charge in [-0.15, -0.1) is 0 Å². The van der Waals surface area contributed by atoms with Gasteiger partial charge in [0.1, 0.15) is 12.3 Å². The zero-order chi connectivity index (χ0) is 13.4. The van der Waals surface area contributed by atoms with Crippen LogP contribution < -0.4 is 9.64 Å². The van der Waals surface area contributed by atoms with Crippen LogP contribution in [-0.2, 0) is 4.79 Å². The van der Waals surface area contributed by atoms with E-state index in [2.05, 4.69) is 0 Å². The molecule has 0 atom stereocenters. The summed E-state index contributed by atoms with van der Waals surface area (Å²) in [5.41, 5.74) is 0.821. The minimum absolute atomic E-state index is 0.00882. The molecule has 0 aliphatic carbocycles. The Morgan fingerprint density at radius 2 is 2.11 bits per heavy atom. The van der Waals surface area contributed by atoms with Crippen LogP contribution in [0.25, 0.3) is 0 Å². The molecule has 0 bridgehead atoms. The summed E-state index contributed by atoms with van der Waals surface area (Å²) in [7, 11) is 0. The molecule has 1 aromatic carbocycles. The lowest BCUT2D eigenvalue weighted by molar-refractivity contribution is -0.136. The van der Waals surface area contributed by atoms with Crippen LogP contribution in [0.4, 0.5) is 5.69 Å². The first-order valence-electron chi connectivity index (χ1n) is 5.74. The number of carbonyl (C=O) groups is 1. The van der Waals surface area contributed by atoms with Gasteiger partial charge in [-0.25, -0.2) is 0 Å². The van der Waals surface area contributed by atoms with Crippen molar-refractivity contribution in [2.45, 2.75) is 13.3 Å². The van der Waals surface area contributed by atoms with E-state index < -0.39 is 5.97 Å². The van der Waals surface area contributed by atoms with Crippen LogP contribution in [0.1, 0.15) is 13.3 Å². The van der Waals surface area contributed by atoms with Crippen LogP contribution in [-0.4, -0.2) is 30.8 Å². The third-order valence-corrected chi connectivity index (χ3v) is 2.37. The van der Waals surface area contributed by atoms with Crippen molar-refractivity contribution in [1.82, 2.24) is 0 Å². The maximum atomic E-state index is 10.5. The van der Waals surface area contributed by atoms with Crippen LogP contribution >= 0.6 is 0 Å². The number of carboxylic acids is 1. The summed E-state index contributed by atoms with van der Waals surface area (Å²) in [5.74, 6) is -0.111. The Morgan fingerprint density at radius 1 is 1.44 bits per heavy atom. The summed E-state index contributed by atoms with van der Waals surface area (Å²) in [4.78, 5) is 12.3. The van der Waals surface area contributed by atoms with Crippen molar-refractivity contribution >= 4 is 11.7 Å². The number of aliphatic carboxylic acids is 1. The predicted octanol–water partition coefficient (Wildman–Crippen LogP) is 1.89. The van der Waals surface area contributed by atoms with E-state index in [-0.39, 0.29) is 13.0 Å². The highest BCUT2D eigenvalue weighted by Gasteiger charge is 2.08. The molecule has 0 heterocycles. The molecule has 5 heteroatoms. The van der Waals surface area contributed by atoms with Gasteiger partial charge in [-0.3, -0.25) is 4.79 Å². The number of benzene rings is 1. The maximum Gasteiger partial charge on any atom is 0.305 e. The van der Waals surface area contributed by atoms with Crippen molar-refractivity contribution in [1.29, 1.82) is 5.26 Å². The van der Waals surface area contributed by atoms with Gasteiger partial charge in [0, 0.05) is 12.2 Å². The van der Waals surface area contributed by atoms with E-state index in [0.29, 0.717) is 13.2 Å². The van der Waals surface area contributed by atoms with Gasteiger partial charge in [-0.2, -0.15) is 5.26 Å². The molecule has 0 fully saturated rings. The largest absolute Gasteiger partial charge is 0.494 e. The molecule has 0 amide bonds. The quantitative estimate of drug-likeness (QED) is 0.746. The van der Waals surface area contributed by atoms with Crippen molar-refractivity contribution in [3.05, 3.63) is 24.3 Å². The first-order chi connectivity index (χ1) is 8.67. The summed E-state index contributed by atoms with van der Waals surface area (Å²) < 4.78 is 5.32. The molecule has 0 saturated heterocycles. The monoisotopic (exact) mass is 248 g/mol. The normalized spacial score (nSPS) is 9.56. The maximum absolute atomic E-state index is 10.5. The van der Waals surface area contributed by atoms with E-state index in [1.54, 1.807) is 4.90 Å². The fourth-order valence-electron chi connectivity index (χ4n) is 1.54. The van der Waals surface area contributed by atoms with E-state index in [9.17, 15) is 4.79 Å². The Morgan fingerprint density at radius 3 is 2.61 bits per heavy atom. The lowest BCUT2D eigenvalue weighted by atomic mass is 10.2. The third-order valence-electron chi connectivity index (χ3n) is 2.37. The molecule has 0 aliphatic heterocycles. The van der Waals surface area contributed by atoms with E-state index in [1.165, 1.54) is 0 Å². The SMILES string of the molecule is CCOc1ccc(N(CC#N)CCC(=O)O)cc1. The predicted molar refractivity (Wildman–Crippen MR) is 67.7 cm³/mol. The van der Waals surface area contributed by atoms with E-state index in [1.807, 2.05) is 37.3 Å². The third kappa shape index (κ3) is 4.34. The fraction of sp³-hybridized carbons (Fsp3) is 0.385. The van der Waals surface area contributed by atoms with Crippen LogP contribution in [0.2, 0.25) is 0 Å². The van der Waals surface area contributed by atoms with Crippen LogP contribution in [0.3, 0.4) is 0 Å². The molecule has 5 nitrogen and oxygen atoms in total. The van der Waals surface area contributed by atoms with E-state index >= 15 is 0 Å². The van der Waals surface area contributed by atoms with Gasteiger partial charge in [-0.05, 0) is 31.2 Å². The smallest absolute Gasteiger partial charge is 0.305 e. The van der Waals surface area contributed by atoms with Gasteiger partial charge in [-0.1, -0.05) is 0 Å². The Kier molecular flexibility index (Phi) is 5.52. The topological polar surface area (TPSA) is 73.6 Å². The summed E-state index contributed by atoms with van der Waals surface area (Å²) in [6.45, 7) is 2.99. The molecule has 1 rings (SSSR count). The van der Waals surface area contributed by atoms with E-state index in [0.717, 1.165) is 11.4 Å². The van der Waals surface area contributed by atoms with Gasteiger partial charge in [0.2, 0.25) is 0 Å². The molecule has 1 aromatic rings. The Labute approximate surface area is 106 Å². The average molecular weight is 248 g/mol. The Balaban J connectivity index is 2.72. The number of carboxylic acid groups (broad SMARTS) is 1. The molecule has 0 aromatic heterocycles. The Bertz CT molecular complexity index is 423. The highest BCUT2D eigenvalue weighted by molar-refractivity contribution is 5.67. The molecule has 0 radical (unpaired) electrons. The molecule has 0 aliphatic rings. The second kappa shape index (κ2) is 7.17. The highest BCUT2D eigenvalue weighted by Crippen LogP contribution is 2.19. The standard InChI is InChI=1S/C13H16N2O3/c1-2-18-12-5-3-11(4-6-12)15(10-8-14)9-7-13(16)17/h3-6H,2,7,9-10H2,1H3,(H,16,17). The molecule has 1 N–H and O–H groups in total. The number of hydrogen-bond donors (Lipinski definition) is 1. The second-order valence-corrected chi connectivity index (χ2v) is 3.65. The van der Waals surface area contributed by atoms with Crippen molar-refractivity contribution in [2.75, 3.05) is 24.6 Å². The van der Waals surface area contributed by atoms with Crippen LogP contribution in [0.15, 0.2) is 24.3 Å². The summed E-state index contributed by atoms with van der Waals surface area (Å²) in [6.07, 6.45) is 0.00882.